The second kappa shape index (κ2) is 7.31. The number of hydrogen-bond acceptors (Lipinski definition) is 3. The van der Waals surface area contributed by atoms with Crippen molar-refractivity contribution in [1.82, 2.24) is 0 Å². The molecule has 0 aliphatic rings. The fraction of sp³-hybridized carbons (Fsp3) is 0.167. The van der Waals surface area contributed by atoms with Crippen molar-refractivity contribution >= 4 is 27.8 Å². The molecule has 2 aromatic carbocycles. The summed E-state index contributed by atoms with van der Waals surface area (Å²) in [6.07, 6.45) is 2.37. The summed E-state index contributed by atoms with van der Waals surface area (Å²) < 4.78 is 27.4. The predicted octanol–water partition coefficient (Wildman–Crippen LogP) is 3.71. The van der Waals surface area contributed by atoms with Gasteiger partial charge in [0.25, 0.3) is 10.0 Å². The fourth-order valence-corrected chi connectivity index (χ4v) is 3.24. The van der Waals surface area contributed by atoms with Crippen LogP contribution in [0.1, 0.15) is 30.9 Å². The van der Waals surface area contributed by atoms with Gasteiger partial charge in [-0.3, -0.25) is 4.72 Å². The van der Waals surface area contributed by atoms with Crippen LogP contribution in [0, 0.1) is 0 Å². The molecule has 0 unspecified atom stereocenters. The molecule has 0 saturated carbocycles. The average Bonchev–Trinajstić information content (AvgIpc) is 2.54. The van der Waals surface area contributed by atoms with Gasteiger partial charge in [0.15, 0.2) is 0 Å². The second-order valence-corrected chi connectivity index (χ2v) is 7.27. The van der Waals surface area contributed by atoms with E-state index in [4.69, 9.17) is 5.11 Å². The van der Waals surface area contributed by atoms with Crippen molar-refractivity contribution in [1.29, 1.82) is 0 Å². The number of anilines is 1. The molecule has 2 aromatic rings. The van der Waals surface area contributed by atoms with E-state index < -0.39 is 16.0 Å². The Kier molecular flexibility index (Phi) is 5.41. The Bertz CT molecular complexity index is 856. The molecule has 0 bridgehead atoms. The Morgan fingerprint density at radius 1 is 1.12 bits per heavy atom. The zero-order valence-corrected chi connectivity index (χ0v) is 14.2. The van der Waals surface area contributed by atoms with Gasteiger partial charge in [-0.05, 0) is 47.4 Å². The molecule has 2 N–H and O–H groups in total. The summed E-state index contributed by atoms with van der Waals surface area (Å²) >= 11 is 0. The Balaban J connectivity index is 2.44. The summed E-state index contributed by atoms with van der Waals surface area (Å²) in [6.45, 7) is 4.02. The number of sulfonamides is 1. The molecule has 0 fully saturated rings. The summed E-state index contributed by atoms with van der Waals surface area (Å²) in [5.41, 5.74) is 1.83. The van der Waals surface area contributed by atoms with Crippen LogP contribution in [0.2, 0.25) is 0 Å². The van der Waals surface area contributed by atoms with Crippen molar-refractivity contribution in [2.75, 3.05) is 4.72 Å². The van der Waals surface area contributed by atoms with Crippen LogP contribution in [-0.2, 0) is 14.8 Å². The summed E-state index contributed by atoms with van der Waals surface area (Å²) in [6, 6.07) is 13.3. The highest BCUT2D eigenvalue weighted by Gasteiger charge is 2.15. The Labute approximate surface area is 141 Å². The molecule has 0 atom stereocenters. The van der Waals surface area contributed by atoms with E-state index in [1.54, 1.807) is 30.3 Å². The first-order chi connectivity index (χ1) is 11.3. The van der Waals surface area contributed by atoms with E-state index in [1.807, 2.05) is 19.9 Å². The van der Waals surface area contributed by atoms with Crippen molar-refractivity contribution in [3.63, 3.8) is 0 Å². The van der Waals surface area contributed by atoms with E-state index >= 15 is 0 Å². The number of rotatable bonds is 6. The van der Waals surface area contributed by atoms with Gasteiger partial charge in [-0.25, -0.2) is 13.2 Å². The summed E-state index contributed by atoms with van der Waals surface area (Å²) in [4.78, 5) is 10.9. The highest BCUT2D eigenvalue weighted by molar-refractivity contribution is 7.92. The summed E-state index contributed by atoms with van der Waals surface area (Å²) in [7, 11) is -3.74. The summed E-state index contributed by atoms with van der Waals surface area (Å²) in [5.74, 6) is -0.858. The smallest absolute Gasteiger partial charge is 0.328 e. The van der Waals surface area contributed by atoms with Crippen molar-refractivity contribution in [2.45, 2.75) is 24.7 Å². The lowest BCUT2D eigenvalue weighted by atomic mass is 9.99. The quantitative estimate of drug-likeness (QED) is 0.782. The molecule has 5 nitrogen and oxygen atoms in total. The molecular weight excluding hydrogens is 326 g/mol. The minimum atomic E-state index is -3.74. The normalized spacial score (nSPS) is 11.8. The van der Waals surface area contributed by atoms with E-state index in [2.05, 4.69) is 4.72 Å². The standard InChI is InChI=1S/C18H19NO4S/c1-13(2)14-8-10-17(15(12-14)9-11-18(20)21)19-24(22,23)16-6-4-3-5-7-16/h3-13,19H,1-2H3,(H,20,21)/b11-9+. The minimum Gasteiger partial charge on any atom is -0.478 e. The van der Waals surface area contributed by atoms with Gasteiger partial charge in [0, 0.05) is 6.08 Å². The lowest BCUT2D eigenvalue weighted by Gasteiger charge is -2.13. The molecule has 0 amide bonds. The molecule has 0 spiro atoms. The number of benzene rings is 2. The highest BCUT2D eigenvalue weighted by Crippen LogP contribution is 2.26. The third kappa shape index (κ3) is 4.45. The number of carbonyl (C=O) groups is 1. The SMILES string of the molecule is CC(C)c1ccc(NS(=O)(=O)c2ccccc2)c(/C=C/C(=O)O)c1. The van der Waals surface area contributed by atoms with Gasteiger partial charge in [0.1, 0.15) is 0 Å². The van der Waals surface area contributed by atoms with Gasteiger partial charge < -0.3 is 5.11 Å². The van der Waals surface area contributed by atoms with Gasteiger partial charge in [0.05, 0.1) is 10.6 Å². The number of nitrogens with one attached hydrogen (secondary N) is 1. The number of carboxylic acids is 1. The molecule has 0 aliphatic carbocycles. The molecule has 0 heterocycles. The molecule has 0 aromatic heterocycles. The van der Waals surface area contributed by atoms with Crippen LogP contribution in [0.25, 0.3) is 6.08 Å². The van der Waals surface area contributed by atoms with Gasteiger partial charge in [-0.2, -0.15) is 0 Å². The minimum absolute atomic E-state index is 0.145. The first-order valence-corrected chi connectivity index (χ1v) is 8.91. The molecule has 0 radical (unpaired) electrons. The van der Waals surface area contributed by atoms with Crippen LogP contribution in [0.15, 0.2) is 59.5 Å². The van der Waals surface area contributed by atoms with E-state index in [-0.39, 0.29) is 10.8 Å². The molecule has 6 heteroatoms. The Hall–Kier alpha value is -2.60. The average molecular weight is 345 g/mol. The topological polar surface area (TPSA) is 83.5 Å². The number of carboxylic acid groups (broad SMARTS) is 1. The maximum Gasteiger partial charge on any atom is 0.328 e. The molecule has 24 heavy (non-hydrogen) atoms. The number of aliphatic carboxylic acids is 1. The zero-order valence-electron chi connectivity index (χ0n) is 13.4. The molecule has 0 saturated heterocycles. The third-order valence-electron chi connectivity index (χ3n) is 3.45. The van der Waals surface area contributed by atoms with Crippen molar-refractivity contribution < 1.29 is 18.3 Å². The molecule has 126 valence electrons. The first-order valence-electron chi connectivity index (χ1n) is 7.42. The Morgan fingerprint density at radius 3 is 2.38 bits per heavy atom. The van der Waals surface area contributed by atoms with Gasteiger partial charge in [-0.1, -0.05) is 38.1 Å². The van der Waals surface area contributed by atoms with Gasteiger partial charge in [0.2, 0.25) is 0 Å². The predicted molar refractivity (Wildman–Crippen MR) is 94.5 cm³/mol. The van der Waals surface area contributed by atoms with Crippen LogP contribution in [0.5, 0.6) is 0 Å². The van der Waals surface area contributed by atoms with Crippen molar-refractivity contribution in [3.8, 4) is 0 Å². The highest BCUT2D eigenvalue weighted by atomic mass is 32.2. The van der Waals surface area contributed by atoms with Crippen LogP contribution in [-0.4, -0.2) is 19.5 Å². The summed E-state index contributed by atoms with van der Waals surface area (Å²) in [5, 5.41) is 8.83. The maximum absolute atomic E-state index is 12.5. The van der Waals surface area contributed by atoms with Crippen LogP contribution in [0.3, 0.4) is 0 Å². The Morgan fingerprint density at radius 2 is 1.79 bits per heavy atom. The van der Waals surface area contributed by atoms with Crippen LogP contribution < -0.4 is 4.72 Å². The monoisotopic (exact) mass is 345 g/mol. The lowest BCUT2D eigenvalue weighted by molar-refractivity contribution is -0.131. The van der Waals surface area contributed by atoms with Gasteiger partial charge in [-0.15, -0.1) is 0 Å². The second-order valence-electron chi connectivity index (χ2n) is 5.59. The lowest BCUT2D eigenvalue weighted by Crippen LogP contribution is -2.13. The largest absolute Gasteiger partial charge is 0.478 e. The molecule has 2 rings (SSSR count). The van der Waals surface area contributed by atoms with Gasteiger partial charge >= 0.3 is 5.97 Å². The van der Waals surface area contributed by atoms with E-state index in [9.17, 15) is 13.2 Å². The maximum atomic E-state index is 12.5. The first kappa shape index (κ1) is 17.7. The van der Waals surface area contributed by atoms with E-state index in [0.717, 1.165) is 11.6 Å². The third-order valence-corrected chi connectivity index (χ3v) is 4.83. The number of hydrogen-bond donors (Lipinski definition) is 2. The van der Waals surface area contributed by atoms with Crippen LogP contribution >= 0.6 is 0 Å². The van der Waals surface area contributed by atoms with E-state index in [1.165, 1.54) is 18.2 Å². The van der Waals surface area contributed by atoms with Crippen molar-refractivity contribution in [3.05, 3.63) is 65.7 Å². The van der Waals surface area contributed by atoms with Crippen molar-refractivity contribution in [2.24, 2.45) is 0 Å². The van der Waals surface area contributed by atoms with Crippen LogP contribution in [0.4, 0.5) is 5.69 Å². The molecule has 0 aliphatic heterocycles. The zero-order chi connectivity index (χ0) is 17.7. The molecular formula is C18H19NO4S. The fourth-order valence-electron chi connectivity index (χ4n) is 2.14. The van der Waals surface area contributed by atoms with E-state index in [0.29, 0.717) is 11.3 Å².